The zero-order valence-electron chi connectivity index (χ0n) is 22.4. The average molecular weight is 486 g/mol. The van der Waals surface area contributed by atoms with E-state index in [1.807, 2.05) is 22.6 Å². The van der Waals surface area contributed by atoms with Gasteiger partial charge in [-0.1, -0.05) is 46.6 Å². The van der Waals surface area contributed by atoms with Crippen LogP contribution >= 0.6 is 0 Å². The molecule has 1 aromatic carbocycles. The van der Waals surface area contributed by atoms with Gasteiger partial charge in [0.2, 0.25) is 5.91 Å². The Morgan fingerprint density at radius 1 is 1.11 bits per heavy atom. The number of rotatable bonds is 12. The van der Waals surface area contributed by atoms with E-state index in [1.54, 1.807) is 6.07 Å². The molecule has 0 unspecified atom stereocenters. The summed E-state index contributed by atoms with van der Waals surface area (Å²) < 4.78 is 16.1. The molecule has 0 aliphatic carbocycles. The Morgan fingerprint density at radius 2 is 1.86 bits per heavy atom. The molecule has 1 aliphatic heterocycles. The van der Waals surface area contributed by atoms with E-state index in [2.05, 4.69) is 37.5 Å². The van der Waals surface area contributed by atoms with Crippen molar-refractivity contribution >= 4 is 11.7 Å². The van der Waals surface area contributed by atoms with Gasteiger partial charge in [-0.3, -0.25) is 4.79 Å². The number of carbonyl (C=O) groups excluding carboxylic acids is 1. The summed E-state index contributed by atoms with van der Waals surface area (Å²) in [4.78, 5) is 20.5. The molecule has 0 saturated carbocycles. The Hall–Kier alpha value is -2.41. The first kappa shape index (κ1) is 27.2. The van der Waals surface area contributed by atoms with Crippen molar-refractivity contribution in [3.63, 3.8) is 0 Å². The van der Waals surface area contributed by atoms with E-state index in [0.29, 0.717) is 6.54 Å². The van der Waals surface area contributed by atoms with Gasteiger partial charge in [0.05, 0.1) is 17.9 Å². The number of carbonyl (C=O) groups is 1. The van der Waals surface area contributed by atoms with Crippen molar-refractivity contribution in [3.05, 3.63) is 41.3 Å². The van der Waals surface area contributed by atoms with Crippen LogP contribution in [0.4, 0.5) is 10.2 Å². The zero-order chi connectivity index (χ0) is 25.4. The van der Waals surface area contributed by atoms with Crippen molar-refractivity contribution in [2.45, 2.75) is 73.3 Å². The number of halogens is 1. The largest absolute Gasteiger partial charge is 0.354 e. The molecule has 6 nitrogen and oxygen atoms in total. The number of nitrogens with zero attached hydrogens (tertiary/aromatic N) is 5. The topological polar surface area (TPSA) is 44.6 Å². The second-order valence-electron chi connectivity index (χ2n) is 9.71. The number of anilines is 1. The van der Waals surface area contributed by atoms with E-state index >= 15 is 0 Å². The minimum atomic E-state index is -0.275. The second kappa shape index (κ2) is 13.1. The lowest BCUT2D eigenvalue weighted by Crippen LogP contribution is -2.47. The van der Waals surface area contributed by atoms with E-state index in [4.69, 9.17) is 5.10 Å². The van der Waals surface area contributed by atoms with Gasteiger partial charge in [0, 0.05) is 44.2 Å². The molecule has 1 atom stereocenters. The Kier molecular flexibility index (Phi) is 10.1. The highest BCUT2D eigenvalue weighted by Crippen LogP contribution is 2.31. The highest BCUT2D eigenvalue weighted by molar-refractivity contribution is 5.79. The fourth-order valence-corrected chi connectivity index (χ4v) is 5.06. The van der Waals surface area contributed by atoms with Crippen molar-refractivity contribution in [1.82, 2.24) is 19.6 Å². The van der Waals surface area contributed by atoms with Crippen molar-refractivity contribution in [3.8, 4) is 5.69 Å². The number of likely N-dealkylation sites (N-methyl/N-ethyl adjacent to an activating group) is 1. The van der Waals surface area contributed by atoms with Crippen LogP contribution in [0.15, 0.2) is 24.3 Å². The van der Waals surface area contributed by atoms with Crippen LogP contribution in [0.3, 0.4) is 0 Å². The third-order valence-electron chi connectivity index (χ3n) is 7.23. The Labute approximate surface area is 211 Å². The molecule has 2 heterocycles. The number of unbranched alkanes of at least 4 members (excludes halogenated alkanes) is 1. The van der Waals surface area contributed by atoms with Gasteiger partial charge in [0.25, 0.3) is 0 Å². The molecule has 0 N–H and O–H groups in total. The molecule has 7 heteroatoms. The normalized spacial score (nSPS) is 15.4. The van der Waals surface area contributed by atoms with Gasteiger partial charge < -0.3 is 14.7 Å². The molecule has 1 aromatic heterocycles. The molecule has 0 radical (unpaired) electrons. The summed E-state index contributed by atoms with van der Waals surface area (Å²) >= 11 is 0. The molecular weight excluding hydrogens is 441 g/mol. The van der Waals surface area contributed by atoms with Gasteiger partial charge in [0.15, 0.2) is 0 Å². The summed E-state index contributed by atoms with van der Waals surface area (Å²) in [7, 11) is 0. The summed E-state index contributed by atoms with van der Waals surface area (Å²) in [6, 6.07) is 6.63. The molecule has 194 valence electrons. The van der Waals surface area contributed by atoms with Crippen molar-refractivity contribution < 1.29 is 9.18 Å². The third-order valence-corrected chi connectivity index (χ3v) is 7.23. The fourth-order valence-electron chi connectivity index (χ4n) is 5.06. The average Bonchev–Trinajstić information content (AvgIpc) is 3.20. The summed E-state index contributed by atoms with van der Waals surface area (Å²) in [6.07, 6.45) is 4.90. The molecule has 1 amide bonds. The molecule has 2 aromatic rings. The molecule has 0 spiro atoms. The van der Waals surface area contributed by atoms with Crippen LogP contribution in [0.2, 0.25) is 0 Å². The lowest BCUT2D eigenvalue weighted by molar-refractivity contribution is -0.136. The summed E-state index contributed by atoms with van der Waals surface area (Å²) in [5, 5.41) is 4.88. The molecular formula is C28H44FN5O. The van der Waals surface area contributed by atoms with E-state index in [9.17, 15) is 9.18 Å². The first-order chi connectivity index (χ1) is 16.9. The fraction of sp³-hybridized carbons (Fsp3) is 0.643. The van der Waals surface area contributed by atoms with Gasteiger partial charge in [-0.2, -0.15) is 5.10 Å². The maximum absolute atomic E-state index is 14.2. The standard InChI is InChI=1S/C28H44FN5O/c1-6-10-12-23(8-3)28(35)33(15-7-2)21-26-22(5)30-34(25-14-11-13-24(29)20-25)27(26)32-18-16-31(9-4)17-19-32/h11,13-14,20,23H,6-10,12,15-19,21H2,1-5H3/t23-/m1/s1. The van der Waals surface area contributed by atoms with Gasteiger partial charge in [-0.05, 0) is 50.9 Å². The maximum Gasteiger partial charge on any atom is 0.225 e. The van der Waals surface area contributed by atoms with Crippen LogP contribution in [-0.2, 0) is 11.3 Å². The molecule has 0 bridgehead atoms. The van der Waals surface area contributed by atoms with Crippen molar-refractivity contribution in [1.29, 1.82) is 0 Å². The van der Waals surface area contributed by atoms with Gasteiger partial charge in [-0.25, -0.2) is 9.07 Å². The highest BCUT2D eigenvalue weighted by atomic mass is 19.1. The predicted octanol–water partition coefficient (Wildman–Crippen LogP) is 5.42. The minimum Gasteiger partial charge on any atom is -0.354 e. The maximum atomic E-state index is 14.2. The highest BCUT2D eigenvalue weighted by Gasteiger charge is 2.29. The lowest BCUT2D eigenvalue weighted by atomic mass is 9.97. The van der Waals surface area contributed by atoms with E-state index in [0.717, 1.165) is 94.1 Å². The number of benzene rings is 1. The minimum absolute atomic E-state index is 0.0663. The Morgan fingerprint density at radius 3 is 2.46 bits per heavy atom. The summed E-state index contributed by atoms with van der Waals surface area (Å²) in [6.45, 7) is 16.7. The van der Waals surface area contributed by atoms with Crippen LogP contribution < -0.4 is 4.90 Å². The zero-order valence-corrected chi connectivity index (χ0v) is 22.4. The summed E-state index contributed by atoms with van der Waals surface area (Å²) in [5.41, 5.74) is 2.69. The van der Waals surface area contributed by atoms with Crippen LogP contribution in [-0.4, -0.2) is 64.8 Å². The number of hydrogen-bond donors (Lipinski definition) is 0. The monoisotopic (exact) mass is 485 g/mol. The third kappa shape index (κ3) is 6.63. The number of piperazine rings is 1. The van der Waals surface area contributed by atoms with Crippen molar-refractivity contribution in [2.75, 3.05) is 44.2 Å². The molecule has 3 rings (SSSR count). The van der Waals surface area contributed by atoms with Crippen LogP contribution in [0.1, 0.15) is 71.1 Å². The smallest absolute Gasteiger partial charge is 0.225 e. The Balaban J connectivity index is 2.00. The van der Waals surface area contributed by atoms with Crippen LogP contribution in [0.25, 0.3) is 5.69 Å². The van der Waals surface area contributed by atoms with Gasteiger partial charge in [-0.15, -0.1) is 0 Å². The SMILES string of the molecule is CCCC[C@@H](CC)C(=O)N(CCC)Cc1c(C)nn(-c2cccc(F)c2)c1N1CCN(CC)CC1. The molecule has 1 saturated heterocycles. The number of aromatic nitrogens is 2. The Bertz CT molecular complexity index is 951. The first-order valence-corrected chi connectivity index (χ1v) is 13.5. The first-order valence-electron chi connectivity index (χ1n) is 13.5. The van der Waals surface area contributed by atoms with Gasteiger partial charge >= 0.3 is 0 Å². The van der Waals surface area contributed by atoms with Crippen LogP contribution in [0, 0.1) is 18.7 Å². The molecule has 1 aliphatic rings. The van der Waals surface area contributed by atoms with Gasteiger partial charge in [0.1, 0.15) is 11.6 Å². The van der Waals surface area contributed by atoms with E-state index in [1.165, 1.54) is 12.1 Å². The number of amides is 1. The van der Waals surface area contributed by atoms with Crippen LogP contribution in [0.5, 0.6) is 0 Å². The summed E-state index contributed by atoms with van der Waals surface area (Å²) in [5.74, 6) is 1.04. The van der Waals surface area contributed by atoms with Crippen molar-refractivity contribution in [2.24, 2.45) is 5.92 Å². The quantitative estimate of drug-likeness (QED) is 0.403. The van der Waals surface area contributed by atoms with E-state index in [-0.39, 0.29) is 17.6 Å². The number of aryl methyl sites for hydroxylation is 1. The van der Waals surface area contributed by atoms with E-state index < -0.39 is 0 Å². The second-order valence-corrected chi connectivity index (χ2v) is 9.71. The lowest BCUT2D eigenvalue weighted by Gasteiger charge is -2.36. The predicted molar refractivity (Wildman–Crippen MR) is 142 cm³/mol. The molecule has 35 heavy (non-hydrogen) atoms. The number of hydrogen-bond acceptors (Lipinski definition) is 4. The molecule has 1 fully saturated rings.